The summed E-state index contributed by atoms with van der Waals surface area (Å²) in [5.41, 5.74) is 0. The van der Waals surface area contributed by atoms with Gasteiger partial charge in [-0.3, -0.25) is 0 Å². The summed E-state index contributed by atoms with van der Waals surface area (Å²) in [5, 5.41) is 12.4. The van der Waals surface area contributed by atoms with Crippen molar-refractivity contribution in [1.82, 2.24) is 5.32 Å². The minimum Gasteiger partial charge on any atom is -0.396 e. The first kappa shape index (κ1) is 15.0. The second-order valence-corrected chi connectivity index (χ2v) is 5.60. The van der Waals surface area contributed by atoms with Gasteiger partial charge in [0.05, 0.1) is 0 Å². The lowest BCUT2D eigenvalue weighted by Gasteiger charge is -2.29. The van der Waals surface area contributed by atoms with Gasteiger partial charge in [-0.2, -0.15) is 0 Å². The Balaban J connectivity index is 1.91. The molecule has 0 atom stereocenters. The average Bonchev–Trinajstić information content (AvgIpc) is 2.36. The molecule has 2 heteroatoms. The Hall–Kier alpha value is -0.0800. The van der Waals surface area contributed by atoms with E-state index < -0.39 is 0 Å². The highest BCUT2D eigenvalue weighted by molar-refractivity contribution is 4.76. The Morgan fingerprint density at radius 1 is 1.00 bits per heavy atom. The van der Waals surface area contributed by atoms with Crippen LogP contribution >= 0.6 is 0 Å². The molecule has 0 aromatic heterocycles. The third-order valence-electron chi connectivity index (χ3n) is 4.06. The summed E-state index contributed by atoms with van der Waals surface area (Å²) in [4.78, 5) is 0. The average molecular weight is 241 g/mol. The smallest absolute Gasteiger partial charge is 0.0431 e. The summed E-state index contributed by atoms with van der Waals surface area (Å²) in [6.07, 6.45) is 13.1. The van der Waals surface area contributed by atoms with Crippen molar-refractivity contribution in [2.24, 2.45) is 5.92 Å². The van der Waals surface area contributed by atoms with Gasteiger partial charge in [-0.05, 0) is 51.0 Å². The van der Waals surface area contributed by atoms with Gasteiger partial charge in [-0.25, -0.2) is 0 Å². The third kappa shape index (κ3) is 7.05. The first-order valence-electron chi connectivity index (χ1n) is 7.71. The van der Waals surface area contributed by atoms with E-state index >= 15 is 0 Å². The monoisotopic (exact) mass is 241 g/mol. The van der Waals surface area contributed by atoms with Crippen LogP contribution in [0.2, 0.25) is 0 Å². The van der Waals surface area contributed by atoms with Crippen LogP contribution in [0.4, 0.5) is 0 Å². The summed E-state index contributed by atoms with van der Waals surface area (Å²) in [5.74, 6) is 1.02. The molecular formula is C15H31NO. The van der Waals surface area contributed by atoms with Crippen molar-refractivity contribution >= 4 is 0 Å². The summed E-state index contributed by atoms with van der Waals surface area (Å²) >= 11 is 0. The zero-order valence-corrected chi connectivity index (χ0v) is 11.6. The van der Waals surface area contributed by atoms with E-state index in [1.165, 1.54) is 64.3 Å². The van der Waals surface area contributed by atoms with Crippen molar-refractivity contribution < 1.29 is 5.11 Å². The number of hydrogen-bond acceptors (Lipinski definition) is 2. The van der Waals surface area contributed by atoms with Crippen LogP contribution in [0.15, 0.2) is 0 Å². The lowest BCUT2D eigenvalue weighted by atomic mass is 9.83. The summed E-state index contributed by atoms with van der Waals surface area (Å²) < 4.78 is 0. The molecule has 1 fully saturated rings. The predicted octanol–water partition coefficient (Wildman–Crippen LogP) is 3.49. The molecule has 0 unspecified atom stereocenters. The minimum absolute atomic E-state index is 0.356. The van der Waals surface area contributed by atoms with Crippen molar-refractivity contribution in [1.29, 1.82) is 0 Å². The Bertz CT molecular complexity index is 164. The molecule has 2 N–H and O–H groups in total. The van der Waals surface area contributed by atoms with Crippen molar-refractivity contribution in [2.75, 3.05) is 13.2 Å². The van der Waals surface area contributed by atoms with Gasteiger partial charge in [0.15, 0.2) is 0 Å². The normalized spacial score (nSPS) is 25.1. The van der Waals surface area contributed by atoms with E-state index in [4.69, 9.17) is 5.11 Å². The fraction of sp³-hybridized carbons (Fsp3) is 1.00. The molecule has 0 spiro atoms. The fourth-order valence-corrected chi connectivity index (χ4v) is 2.96. The van der Waals surface area contributed by atoms with Gasteiger partial charge in [0.2, 0.25) is 0 Å². The van der Waals surface area contributed by atoms with E-state index in [1.54, 1.807) is 0 Å². The van der Waals surface area contributed by atoms with Crippen LogP contribution in [0, 0.1) is 5.92 Å². The number of unbranched alkanes of at least 4 members (excludes halogenated alkanes) is 3. The second-order valence-electron chi connectivity index (χ2n) is 5.60. The van der Waals surface area contributed by atoms with Crippen LogP contribution in [-0.4, -0.2) is 24.3 Å². The van der Waals surface area contributed by atoms with Crippen molar-refractivity contribution in [3.63, 3.8) is 0 Å². The molecule has 0 radical (unpaired) electrons. The zero-order valence-electron chi connectivity index (χ0n) is 11.6. The Labute approximate surface area is 107 Å². The second kappa shape index (κ2) is 9.90. The maximum atomic E-state index is 8.68. The molecule has 0 heterocycles. The highest BCUT2D eigenvalue weighted by atomic mass is 16.2. The molecule has 102 valence electrons. The lowest BCUT2D eigenvalue weighted by molar-refractivity contribution is 0.273. The summed E-state index contributed by atoms with van der Waals surface area (Å²) in [6.45, 7) is 3.83. The Morgan fingerprint density at radius 2 is 1.71 bits per heavy atom. The van der Waals surface area contributed by atoms with E-state index in [0.29, 0.717) is 6.61 Å². The maximum absolute atomic E-state index is 8.68. The van der Waals surface area contributed by atoms with Gasteiger partial charge >= 0.3 is 0 Å². The van der Waals surface area contributed by atoms with Crippen molar-refractivity contribution in [3.8, 4) is 0 Å². The zero-order chi connectivity index (χ0) is 12.3. The maximum Gasteiger partial charge on any atom is 0.0431 e. The first-order valence-corrected chi connectivity index (χ1v) is 7.71. The molecule has 1 aliphatic rings. The molecule has 2 nitrogen and oxygen atoms in total. The van der Waals surface area contributed by atoms with Crippen LogP contribution in [0.1, 0.15) is 71.1 Å². The van der Waals surface area contributed by atoms with Gasteiger partial charge in [-0.15, -0.1) is 0 Å². The molecule has 17 heavy (non-hydrogen) atoms. The molecular weight excluding hydrogens is 210 g/mol. The number of aliphatic hydroxyl groups excluding tert-OH is 1. The Morgan fingerprint density at radius 3 is 2.35 bits per heavy atom. The third-order valence-corrected chi connectivity index (χ3v) is 4.06. The largest absolute Gasteiger partial charge is 0.396 e. The summed E-state index contributed by atoms with van der Waals surface area (Å²) in [7, 11) is 0. The lowest BCUT2D eigenvalue weighted by Crippen LogP contribution is -2.33. The molecule has 1 rings (SSSR count). The molecule has 0 aromatic carbocycles. The molecule has 0 aliphatic heterocycles. The number of aliphatic hydroxyl groups is 1. The van der Waals surface area contributed by atoms with Gasteiger partial charge < -0.3 is 10.4 Å². The van der Waals surface area contributed by atoms with E-state index in [2.05, 4.69) is 12.2 Å². The van der Waals surface area contributed by atoms with Crippen molar-refractivity contribution in [2.45, 2.75) is 77.2 Å². The van der Waals surface area contributed by atoms with Crippen LogP contribution in [0.3, 0.4) is 0 Å². The Kier molecular flexibility index (Phi) is 8.72. The summed E-state index contributed by atoms with van der Waals surface area (Å²) in [6, 6.07) is 0.793. The van der Waals surface area contributed by atoms with E-state index in [-0.39, 0.29) is 0 Å². The van der Waals surface area contributed by atoms with Crippen LogP contribution < -0.4 is 5.32 Å². The fourth-order valence-electron chi connectivity index (χ4n) is 2.96. The number of rotatable bonds is 9. The highest BCUT2D eigenvalue weighted by Gasteiger charge is 2.19. The number of nitrogens with one attached hydrogen (secondary N) is 1. The minimum atomic E-state index is 0.356. The highest BCUT2D eigenvalue weighted by Crippen LogP contribution is 2.27. The van der Waals surface area contributed by atoms with Crippen LogP contribution in [0.25, 0.3) is 0 Å². The van der Waals surface area contributed by atoms with E-state index in [1.807, 2.05) is 0 Å². The van der Waals surface area contributed by atoms with Crippen LogP contribution in [0.5, 0.6) is 0 Å². The van der Waals surface area contributed by atoms with E-state index in [0.717, 1.165) is 18.4 Å². The molecule has 0 bridgehead atoms. The topological polar surface area (TPSA) is 32.3 Å². The van der Waals surface area contributed by atoms with Crippen molar-refractivity contribution in [3.05, 3.63) is 0 Å². The van der Waals surface area contributed by atoms with Crippen LogP contribution in [-0.2, 0) is 0 Å². The quantitative estimate of drug-likeness (QED) is 0.606. The molecule has 1 saturated carbocycles. The first-order chi connectivity index (χ1) is 8.36. The standard InChI is InChI=1S/C15H31NO/c1-2-7-14-8-10-15(11-9-14)16-12-5-3-4-6-13-17/h14-17H,2-13H2,1H3. The predicted molar refractivity (Wildman–Crippen MR) is 74.2 cm³/mol. The van der Waals surface area contributed by atoms with Gasteiger partial charge in [-0.1, -0.05) is 32.6 Å². The SMILES string of the molecule is CCCC1CCC(NCCCCCCO)CC1. The molecule has 0 amide bonds. The molecule has 0 saturated heterocycles. The molecule has 0 aromatic rings. The van der Waals surface area contributed by atoms with Gasteiger partial charge in [0.25, 0.3) is 0 Å². The molecule has 1 aliphatic carbocycles. The van der Waals surface area contributed by atoms with Gasteiger partial charge in [0, 0.05) is 12.6 Å². The van der Waals surface area contributed by atoms with E-state index in [9.17, 15) is 0 Å². The number of hydrogen-bond donors (Lipinski definition) is 2. The van der Waals surface area contributed by atoms with Gasteiger partial charge in [0.1, 0.15) is 0 Å².